The van der Waals surface area contributed by atoms with Crippen LogP contribution in [0.1, 0.15) is 0 Å². The van der Waals surface area contributed by atoms with Crippen LogP contribution in [0.15, 0.2) is 29.3 Å². The Balaban J connectivity index is 2.99. The van der Waals surface area contributed by atoms with Crippen molar-refractivity contribution in [2.75, 3.05) is 0 Å². The van der Waals surface area contributed by atoms with E-state index in [2.05, 4.69) is 4.98 Å². The van der Waals surface area contributed by atoms with E-state index in [4.69, 9.17) is 11.6 Å². The molecule has 0 spiro atoms. The predicted molar refractivity (Wildman–Crippen MR) is 43.0 cm³/mol. The lowest BCUT2D eigenvalue weighted by atomic mass is 10.4. The van der Waals surface area contributed by atoms with Crippen molar-refractivity contribution < 1.29 is 0 Å². The summed E-state index contributed by atoms with van der Waals surface area (Å²) < 4.78 is 1.46. The van der Waals surface area contributed by atoms with Gasteiger partial charge in [0.2, 0.25) is 0 Å². The minimum absolute atomic E-state index is 0.164. The molecule has 0 radical (unpaired) electrons. The molecule has 4 heteroatoms. The standard InChI is InChI=1S/C7H5ClN2O/c8-5-1-2-6-3-9-7(11)10(6)4-5/h1-4H,(H,9,11). The Morgan fingerprint density at radius 2 is 2.27 bits per heavy atom. The molecule has 0 atom stereocenters. The summed E-state index contributed by atoms with van der Waals surface area (Å²) in [7, 11) is 0. The van der Waals surface area contributed by atoms with Crippen molar-refractivity contribution in [3.8, 4) is 0 Å². The topological polar surface area (TPSA) is 37.3 Å². The zero-order valence-corrected chi connectivity index (χ0v) is 6.30. The van der Waals surface area contributed by atoms with E-state index in [1.165, 1.54) is 4.40 Å². The number of pyridine rings is 1. The Bertz CT molecular complexity index is 443. The number of nitrogens with one attached hydrogen (secondary N) is 1. The minimum Gasteiger partial charge on any atom is -0.312 e. The van der Waals surface area contributed by atoms with Crippen LogP contribution in [0.25, 0.3) is 5.52 Å². The monoisotopic (exact) mass is 168 g/mol. The van der Waals surface area contributed by atoms with Crippen LogP contribution in [0.2, 0.25) is 5.02 Å². The number of aromatic amines is 1. The first-order valence-corrected chi connectivity index (χ1v) is 3.50. The molecule has 0 aliphatic heterocycles. The average molecular weight is 169 g/mol. The van der Waals surface area contributed by atoms with Gasteiger partial charge in [0.1, 0.15) is 0 Å². The van der Waals surface area contributed by atoms with Crippen LogP contribution in [0.3, 0.4) is 0 Å². The van der Waals surface area contributed by atoms with E-state index >= 15 is 0 Å². The van der Waals surface area contributed by atoms with E-state index < -0.39 is 0 Å². The second-order valence-electron chi connectivity index (χ2n) is 2.24. The molecule has 0 amide bonds. The van der Waals surface area contributed by atoms with Crippen LogP contribution in [0, 0.1) is 0 Å². The van der Waals surface area contributed by atoms with Gasteiger partial charge in [-0.15, -0.1) is 0 Å². The molecule has 0 saturated heterocycles. The Morgan fingerprint density at radius 3 is 3.09 bits per heavy atom. The summed E-state index contributed by atoms with van der Waals surface area (Å²) in [6.07, 6.45) is 3.22. The van der Waals surface area contributed by atoms with Gasteiger partial charge in [-0.05, 0) is 12.1 Å². The molecule has 2 aromatic heterocycles. The molecule has 56 valence electrons. The second kappa shape index (κ2) is 2.13. The molecule has 0 aliphatic rings. The van der Waals surface area contributed by atoms with Crippen LogP contribution in [0.4, 0.5) is 0 Å². The molecular weight excluding hydrogens is 164 g/mol. The largest absolute Gasteiger partial charge is 0.330 e. The fourth-order valence-electron chi connectivity index (χ4n) is 0.985. The van der Waals surface area contributed by atoms with E-state index in [1.807, 2.05) is 0 Å². The van der Waals surface area contributed by atoms with Gasteiger partial charge < -0.3 is 4.98 Å². The van der Waals surface area contributed by atoms with Gasteiger partial charge in [0, 0.05) is 12.4 Å². The van der Waals surface area contributed by atoms with Gasteiger partial charge in [-0.2, -0.15) is 0 Å². The third kappa shape index (κ3) is 0.935. The van der Waals surface area contributed by atoms with Crippen LogP contribution in [0.5, 0.6) is 0 Å². The van der Waals surface area contributed by atoms with Gasteiger partial charge in [0.25, 0.3) is 0 Å². The minimum atomic E-state index is -0.164. The highest BCUT2D eigenvalue weighted by Crippen LogP contribution is 2.07. The fourth-order valence-corrected chi connectivity index (χ4v) is 1.15. The van der Waals surface area contributed by atoms with Crippen LogP contribution in [-0.2, 0) is 0 Å². The zero-order chi connectivity index (χ0) is 7.84. The second-order valence-corrected chi connectivity index (χ2v) is 2.67. The number of imidazole rings is 1. The number of rotatable bonds is 0. The molecule has 2 aromatic rings. The van der Waals surface area contributed by atoms with Crippen LogP contribution >= 0.6 is 11.6 Å². The Labute approximate surface area is 67.2 Å². The van der Waals surface area contributed by atoms with Crippen molar-refractivity contribution in [3.05, 3.63) is 40.0 Å². The molecule has 1 N–H and O–H groups in total. The molecule has 0 saturated carbocycles. The maximum Gasteiger partial charge on any atom is 0.330 e. The van der Waals surface area contributed by atoms with Crippen molar-refractivity contribution in [3.63, 3.8) is 0 Å². The molecule has 0 bridgehead atoms. The fraction of sp³-hybridized carbons (Fsp3) is 0. The van der Waals surface area contributed by atoms with Crippen molar-refractivity contribution >= 4 is 17.1 Å². The van der Waals surface area contributed by atoms with Gasteiger partial charge >= 0.3 is 5.69 Å². The highest BCUT2D eigenvalue weighted by atomic mass is 35.5. The summed E-state index contributed by atoms with van der Waals surface area (Å²) in [6.45, 7) is 0. The molecule has 11 heavy (non-hydrogen) atoms. The van der Waals surface area contributed by atoms with Gasteiger partial charge in [0.05, 0.1) is 10.5 Å². The smallest absolute Gasteiger partial charge is 0.312 e. The van der Waals surface area contributed by atoms with Gasteiger partial charge in [-0.25, -0.2) is 4.79 Å². The van der Waals surface area contributed by atoms with Crippen molar-refractivity contribution in [1.82, 2.24) is 9.38 Å². The molecule has 0 aliphatic carbocycles. The predicted octanol–water partition coefficient (Wildman–Crippen LogP) is 1.28. The van der Waals surface area contributed by atoms with Crippen molar-refractivity contribution in [1.29, 1.82) is 0 Å². The van der Waals surface area contributed by atoms with Crippen LogP contribution < -0.4 is 5.69 Å². The molecule has 2 heterocycles. The first-order valence-electron chi connectivity index (χ1n) is 3.13. The summed E-state index contributed by atoms with van der Waals surface area (Å²) in [5.74, 6) is 0. The zero-order valence-electron chi connectivity index (χ0n) is 5.54. The molecule has 0 unspecified atom stereocenters. The quantitative estimate of drug-likeness (QED) is 0.632. The third-order valence-corrected chi connectivity index (χ3v) is 1.73. The lowest BCUT2D eigenvalue weighted by molar-refractivity contribution is 1.07. The summed E-state index contributed by atoms with van der Waals surface area (Å²) in [4.78, 5) is 13.5. The Kier molecular flexibility index (Phi) is 1.26. The number of halogens is 1. The Hall–Kier alpha value is -1.22. The van der Waals surface area contributed by atoms with Crippen molar-refractivity contribution in [2.45, 2.75) is 0 Å². The van der Waals surface area contributed by atoms with Gasteiger partial charge in [-0.1, -0.05) is 11.6 Å². The lowest BCUT2D eigenvalue weighted by Gasteiger charge is -1.90. The number of H-pyrrole nitrogens is 1. The molecule has 3 nitrogen and oxygen atoms in total. The molecular formula is C7H5ClN2O. The first kappa shape index (κ1) is 6.49. The Morgan fingerprint density at radius 1 is 1.45 bits per heavy atom. The average Bonchev–Trinajstić information content (AvgIpc) is 2.33. The van der Waals surface area contributed by atoms with Gasteiger partial charge in [-0.3, -0.25) is 4.40 Å². The SMILES string of the molecule is O=c1[nH]cc2ccc(Cl)cn12. The molecule has 2 rings (SSSR count). The number of fused-ring (bicyclic) bond motifs is 1. The van der Waals surface area contributed by atoms with E-state index in [-0.39, 0.29) is 5.69 Å². The number of nitrogens with zero attached hydrogens (tertiary/aromatic N) is 1. The van der Waals surface area contributed by atoms with Crippen molar-refractivity contribution in [2.24, 2.45) is 0 Å². The highest BCUT2D eigenvalue weighted by Gasteiger charge is 1.96. The lowest BCUT2D eigenvalue weighted by Crippen LogP contribution is -2.07. The van der Waals surface area contributed by atoms with E-state index in [9.17, 15) is 4.79 Å². The summed E-state index contributed by atoms with van der Waals surface area (Å²) >= 11 is 5.67. The van der Waals surface area contributed by atoms with E-state index in [0.717, 1.165) is 5.52 Å². The maximum absolute atomic E-state index is 11.0. The van der Waals surface area contributed by atoms with Crippen LogP contribution in [-0.4, -0.2) is 9.38 Å². The van der Waals surface area contributed by atoms with E-state index in [0.29, 0.717) is 5.02 Å². The summed E-state index contributed by atoms with van der Waals surface area (Å²) in [5, 5.41) is 0.555. The third-order valence-electron chi connectivity index (χ3n) is 1.51. The maximum atomic E-state index is 11.0. The number of aromatic nitrogens is 2. The molecule has 0 aromatic carbocycles. The number of hydrogen-bond acceptors (Lipinski definition) is 1. The normalized spacial score (nSPS) is 10.6. The summed E-state index contributed by atoms with van der Waals surface area (Å²) in [5.41, 5.74) is 0.655. The number of hydrogen-bond donors (Lipinski definition) is 1. The highest BCUT2D eigenvalue weighted by molar-refractivity contribution is 6.30. The first-order chi connectivity index (χ1) is 5.27. The molecule has 0 fully saturated rings. The van der Waals surface area contributed by atoms with Gasteiger partial charge in [0.15, 0.2) is 0 Å². The summed E-state index contributed by atoms with van der Waals surface area (Å²) in [6, 6.07) is 3.52. The van der Waals surface area contributed by atoms with E-state index in [1.54, 1.807) is 24.5 Å².